The van der Waals surface area contributed by atoms with Crippen LogP contribution in [0.5, 0.6) is 5.75 Å². The van der Waals surface area contributed by atoms with Crippen molar-refractivity contribution in [2.24, 2.45) is 0 Å². The van der Waals surface area contributed by atoms with Gasteiger partial charge in [-0.1, -0.05) is 25.3 Å². The summed E-state index contributed by atoms with van der Waals surface area (Å²) in [7, 11) is 3.70. The van der Waals surface area contributed by atoms with Crippen molar-refractivity contribution in [2.75, 3.05) is 45.2 Å². The Bertz CT molecular complexity index is 593. The fourth-order valence-corrected chi connectivity index (χ4v) is 4.27. The molecular formula is C21H33N3O2. The summed E-state index contributed by atoms with van der Waals surface area (Å²) < 4.78 is 5.33. The number of ether oxygens (including phenoxy) is 1. The average Bonchev–Trinajstić information content (AvgIpc) is 2.73. The Morgan fingerprint density at radius 1 is 1.15 bits per heavy atom. The van der Waals surface area contributed by atoms with Crippen molar-refractivity contribution in [3.63, 3.8) is 0 Å². The summed E-state index contributed by atoms with van der Waals surface area (Å²) in [6.07, 6.45) is 6.17. The number of nitrogens with zero attached hydrogens (tertiary/aromatic N) is 3. The fourth-order valence-electron chi connectivity index (χ4n) is 4.27. The zero-order valence-electron chi connectivity index (χ0n) is 16.5. The van der Waals surface area contributed by atoms with Gasteiger partial charge in [0.1, 0.15) is 5.75 Å². The zero-order valence-corrected chi connectivity index (χ0v) is 16.5. The zero-order chi connectivity index (χ0) is 18.5. The van der Waals surface area contributed by atoms with Gasteiger partial charge in [-0.2, -0.15) is 0 Å². The molecule has 144 valence electrons. The Hall–Kier alpha value is -1.75. The molecule has 0 spiro atoms. The van der Waals surface area contributed by atoms with Gasteiger partial charge >= 0.3 is 0 Å². The topological polar surface area (TPSA) is 36.0 Å². The largest absolute Gasteiger partial charge is 0.497 e. The SMILES string of the molecule is COc1cccc(N2CCN(C(C)C(=O)N(C)C3CCCCC3)CC2)c1. The molecule has 26 heavy (non-hydrogen) atoms. The van der Waals surface area contributed by atoms with Crippen molar-refractivity contribution in [1.29, 1.82) is 0 Å². The highest BCUT2D eigenvalue weighted by Gasteiger charge is 2.30. The monoisotopic (exact) mass is 359 g/mol. The average molecular weight is 360 g/mol. The molecule has 1 aromatic carbocycles. The minimum absolute atomic E-state index is 0.0330. The number of benzene rings is 1. The summed E-state index contributed by atoms with van der Waals surface area (Å²) in [6, 6.07) is 8.63. The van der Waals surface area contributed by atoms with Crippen LogP contribution in [-0.4, -0.2) is 68.1 Å². The van der Waals surface area contributed by atoms with Crippen LogP contribution in [0, 0.1) is 0 Å². The van der Waals surface area contributed by atoms with Gasteiger partial charge in [0.15, 0.2) is 0 Å². The van der Waals surface area contributed by atoms with Gasteiger partial charge in [-0.05, 0) is 31.9 Å². The van der Waals surface area contributed by atoms with E-state index in [1.807, 2.05) is 24.1 Å². The molecule has 2 fully saturated rings. The number of methoxy groups -OCH3 is 1. The van der Waals surface area contributed by atoms with Crippen molar-refractivity contribution in [2.45, 2.75) is 51.1 Å². The Morgan fingerprint density at radius 3 is 2.50 bits per heavy atom. The molecule has 1 aliphatic heterocycles. The van der Waals surface area contributed by atoms with Gasteiger partial charge in [-0.25, -0.2) is 0 Å². The van der Waals surface area contributed by atoms with E-state index in [4.69, 9.17) is 4.74 Å². The van der Waals surface area contributed by atoms with Gasteiger partial charge in [-0.15, -0.1) is 0 Å². The maximum absolute atomic E-state index is 12.9. The Morgan fingerprint density at radius 2 is 1.85 bits per heavy atom. The molecule has 1 unspecified atom stereocenters. The van der Waals surface area contributed by atoms with Gasteiger partial charge in [0.25, 0.3) is 0 Å². The number of hydrogen-bond acceptors (Lipinski definition) is 4. The summed E-state index contributed by atoms with van der Waals surface area (Å²) in [5, 5.41) is 0. The van der Waals surface area contributed by atoms with Crippen LogP contribution in [0.2, 0.25) is 0 Å². The van der Waals surface area contributed by atoms with Crippen molar-refractivity contribution in [3.8, 4) is 5.75 Å². The molecule has 0 bridgehead atoms. The molecule has 1 heterocycles. The summed E-state index contributed by atoms with van der Waals surface area (Å²) in [4.78, 5) is 19.7. The van der Waals surface area contributed by atoms with Crippen LogP contribution < -0.4 is 9.64 Å². The van der Waals surface area contributed by atoms with E-state index in [2.05, 4.69) is 28.9 Å². The predicted octanol–water partition coefficient (Wildman–Crippen LogP) is 3.00. The molecule has 1 saturated heterocycles. The maximum Gasteiger partial charge on any atom is 0.239 e. The van der Waals surface area contributed by atoms with Crippen molar-refractivity contribution < 1.29 is 9.53 Å². The second-order valence-electron chi connectivity index (χ2n) is 7.64. The van der Waals surface area contributed by atoms with E-state index in [1.54, 1.807) is 7.11 Å². The van der Waals surface area contributed by atoms with Crippen LogP contribution in [0.3, 0.4) is 0 Å². The van der Waals surface area contributed by atoms with Crippen LogP contribution in [0.15, 0.2) is 24.3 Å². The van der Waals surface area contributed by atoms with Crippen molar-refractivity contribution in [1.82, 2.24) is 9.80 Å². The van der Waals surface area contributed by atoms with E-state index in [9.17, 15) is 4.79 Å². The lowest BCUT2D eigenvalue weighted by Gasteiger charge is -2.41. The molecule has 2 aliphatic rings. The van der Waals surface area contributed by atoms with E-state index in [0.29, 0.717) is 6.04 Å². The first-order valence-electron chi connectivity index (χ1n) is 10.00. The first kappa shape index (κ1) is 19.0. The Labute approximate surface area is 157 Å². The number of amides is 1. The number of piperazine rings is 1. The van der Waals surface area contributed by atoms with E-state index >= 15 is 0 Å². The van der Waals surface area contributed by atoms with Crippen molar-refractivity contribution >= 4 is 11.6 Å². The molecule has 1 atom stereocenters. The minimum atomic E-state index is -0.0330. The Kier molecular flexibility index (Phi) is 6.41. The third kappa shape index (κ3) is 4.32. The molecular weight excluding hydrogens is 326 g/mol. The van der Waals surface area contributed by atoms with Gasteiger partial charge in [0.2, 0.25) is 5.91 Å². The van der Waals surface area contributed by atoms with E-state index in [0.717, 1.165) is 31.9 Å². The minimum Gasteiger partial charge on any atom is -0.497 e. The molecule has 0 N–H and O–H groups in total. The van der Waals surface area contributed by atoms with Crippen LogP contribution in [-0.2, 0) is 4.79 Å². The maximum atomic E-state index is 12.9. The molecule has 3 rings (SSSR count). The highest BCUT2D eigenvalue weighted by atomic mass is 16.5. The number of anilines is 1. The number of rotatable bonds is 5. The second kappa shape index (κ2) is 8.76. The fraction of sp³-hybridized carbons (Fsp3) is 0.667. The molecule has 0 aromatic heterocycles. The lowest BCUT2D eigenvalue weighted by molar-refractivity contribution is -0.138. The molecule has 1 aromatic rings. The van der Waals surface area contributed by atoms with E-state index < -0.39 is 0 Å². The first-order chi connectivity index (χ1) is 12.6. The summed E-state index contributed by atoms with van der Waals surface area (Å²) in [6.45, 7) is 5.80. The summed E-state index contributed by atoms with van der Waals surface area (Å²) in [5.41, 5.74) is 1.20. The van der Waals surface area contributed by atoms with Crippen LogP contribution in [0.25, 0.3) is 0 Å². The van der Waals surface area contributed by atoms with Gasteiger partial charge < -0.3 is 14.5 Å². The number of hydrogen-bond donors (Lipinski definition) is 0. The number of likely N-dealkylation sites (N-methyl/N-ethyl adjacent to an activating group) is 1. The van der Waals surface area contributed by atoms with E-state index in [1.165, 1.54) is 37.8 Å². The molecule has 1 saturated carbocycles. The standard InChI is InChI=1S/C21H33N3O2/c1-17(21(25)22(2)18-8-5-4-6-9-18)23-12-14-24(15-13-23)19-10-7-11-20(16-19)26-3/h7,10-11,16-18H,4-6,8-9,12-15H2,1-3H3. The molecule has 1 aliphatic carbocycles. The van der Waals surface area contributed by atoms with Gasteiger partial charge in [0, 0.05) is 51.0 Å². The number of carbonyl (C=O) groups is 1. The third-order valence-corrected chi connectivity index (χ3v) is 6.11. The van der Waals surface area contributed by atoms with Gasteiger partial charge in [-0.3, -0.25) is 9.69 Å². The third-order valence-electron chi connectivity index (χ3n) is 6.11. The smallest absolute Gasteiger partial charge is 0.239 e. The highest BCUT2D eigenvalue weighted by Crippen LogP contribution is 2.24. The second-order valence-corrected chi connectivity index (χ2v) is 7.64. The van der Waals surface area contributed by atoms with Crippen LogP contribution >= 0.6 is 0 Å². The normalized spacial score (nSPS) is 20.7. The molecule has 5 nitrogen and oxygen atoms in total. The Balaban J connectivity index is 1.54. The molecule has 0 radical (unpaired) electrons. The van der Waals surface area contributed by atoms with Crippen molar-refractivity contribution in [3.05, 3.63) is 24.3 Å². The van der Waals surface area contributed by atoms with Crippen LogP contribution in [0.1, 0.15) is 39.0 Å². The summed E-state index contributed by atoms with van der Waals surface area (Å²) >= 11 is 0. The lowest BCUT2D eigenvalue weighted by atomic mass is 9.94. The molecule has 5 heteroatoms. The predicted molar refractivity (Wildman–Crippen MR) is 106 cm³/mol. The lowest BCUT2D eigenvalue weighted by Crippen LogP contribution is -2.55. The van der Waals surface area contributed by atoms with Gasteiger partial charge in [0.05, 0.1) is 13.2 Å². The van der Waals surface area contributed by atoms with Crippen LogP contribution in [0.4, 0.5) is 5.69 Å². The highest BCUT2D eigenvalue weighted by molar-refractivity contribution is 5.81. The molecule has 1 amide bonds. The quantitative estimate of drug-likeness (QED) is 0.810. The first-order valence-corrected chi connectivity index (χ1v) is 10.00. The summed E-state index contributed by atoms with van der Waals surface area (Å²) in [5.74, 6) is 1.18. The van der Waals surface area contributed by atoms with E-state index in [-0.39, 0.29) is 11.9 Å². The number of carbonyl (C=O) groups excluding carboxylic acids is 1.